The van der Waals surface area contributed by atoms with Crippen LogP contribution in [0.25, 0.3) is 0 Å². The molecular formula is C20H32N2O3. The lowest BCUT2D eigenvalue weighted by atomic mass is 10.0. The van der Waals surface area contributed by atoms with E-state index in [1.165, 1.54) is 11.1 Å². The molecular weight excluding hydrogens is 316 g/mol. The van der Waals surface area contributed by atoms with Crippen LogP contribution in [0.4, 0.5) is 4.79 Å². The molecule has 2 unspecified atom stereocenters. The van der Waals surface area contributed by atoms with E-state index in [4.69, 9.17) is 9.47 Å². The number of alkyl carbamates (subject to hydrolysis) is 1. The van der Waals surface area contributed by atoms with Crippen molar-refractivity contribution in [1.82, 2.24) is 10.6 Å². The summed E-state index contributed by atoms with van der Waals surface area (Å²) < 4.78 is 10.7. The van der Waals surface area contributed by atoms with Crippen molar-refractivity contribution >= 4 is 6.09 Å². The predicted octanol–water partition coefficient (Wildman–Crippen LogP) is 3.82. The number of hydrogen-bond donors (Lipinski definition) is 2. The molecule has 0 radical (unpaired) electrons. The Morgan fingerprint density at radius 1 is 1.32 bits per heavy atom. The first-order valence-electron chi connectivity index (χ1n) is 9.09. The summed E-state index contributed by atoms with van der Waals surface area (Å²) in [6, 6.07) is 6.76. The molecule has 0 saturated heterocycles. The lowest BCUT2D eigenvalue weighted by Crippen LogP contribution is -2.46. The summed E-state index contributed by atoms with van der Waals surface area (Å²) in [6.45, 7) is 10.5. The fraction of sp³-hybridized carbons (Fsp3) is 0.650. The molecule has 0 spiro atoms. The zero-order chi connectivity index (χ0) is 18.6. The largest absolute Gasteiger partial charge is 0.497 e. The average molecular weight is 348 g/mol. The molecule has 140 valence electrons. The topological polar surface area (TPSA) is 59.6 Å². The molecule has 2 N–H and O–H groups in total. The number of methoxy groups -OCH3 is 1. The van der Waals surface area contributed by atoms with Crippen molar-refractivity contribution in [3.63, 3.8) is 0 Å². The number of fused-ring (bicyclic) bond motifs is 1. The SMILES string of the molecule is COc1ccc2c(c1)C(NC(CNC(=O)OC(C)(C)C)C(C)C)CC2. The van der Waals surface area contributed by atoms with Gasteiger partial charge in [0.2, 0.25) is 0 Å². The smallest absolute Gasteiger partial charge is 0.407 e. The van der Waals surface area contributed by atoms with E-state index in [9.17, 15) is 4.79 Å². The lowest BCUT2D eigenvalue weighted by Gasteiger charge is -2.28. The van der Waals surface area contributed by atoms with Crippen molar-refractivity contribution in [1.29, 1.82) is 0 Å². The maximum atomic E-state index is 11.9. The molecule has 2 rings (SSSR count). The van der Waals surface area contributed by atoms with Crippen LogP contribution in [0.3, 0.4) is 0 Å². The van der Waals surface area contributed by atoms with Gasteiger partial charge in [0.15, 0.2) is 0 Å². The molecule has 1 aromatic rings. The van der Waals surface area contributed by atoms with Gasteiger partial charge in [-0.3, -0.25) is 0 Å². The van der Waals surface area contributed by atoms with Crippen LogP contribution in [0.1, 0.15) is 58.2 Å². The molecule has 0 aromatic heterocycles. The van der Waals surface area contributed by atoms with Gasteiger partial charge >= 0.3 is 6.09 Å². The van der Waals surface area contributed by atoms with Crippen LogP contribution < -0.4 is 15.4 Å². The minimum absolute atomic E-state index is 0.176. The van der Waals surface area contributed by atoms with Crippen molar-refractivity contribution in [2.24, 2.45) is 5.92 Å². The Hall–Kier alpha value is -1.75. The number of amides is 1. The minimum atomic E-state index is -0.480. The summed E-state index contributed by atoms with van der Waals surface area (Å²) in [5.74, 6) is 1.28. The Balaban J connectivity index is 1.98. The van der Waals surface area contributed by atoms with E-state index < -0.39 is 5.60 Å². The number of ether oxygens (including phenoxy) is 2. The Morgan fingerprint density at radius 2 is 2.04 bits per heavy atom. The van der Waals surface area contributed by atoms with Gasteiger partial charge in [0.25, 0.3) is 0 Å². The summed E-state index contributed by atoms with van der Waals surface area (Å²) in [6.07, 6.45) is 1.77. The molecule has 2 atom stereocenters. The third-order valence-electron chi connectivity index (χ3n) is 4.52. The van der Waals surface area contributed by atoms with Crippen LogP contribution in [0.5, 0.6) is 5.75 Å². The van der Waals surface area contributed by atoms with Crippen LogP contribution >= 0.6 is 0 Å². The molecule has 0 bridgehead atoms. The summed E-state index contributed by atoms with van der Waals surface area (Å²) in [4.78, 5) is 11.9. The van der Waals surface area contributed by atoms with Gasteiger partial charge in [0.1, 0.15) is 11.4 Å². The molecule has 0 saturated carbocycles. The van der Waals surface area contributed by atoms with Crippen molar-refractivity contribution < 1.29 is 14.3 Å². The molecule has 0 heterocycles. The highest BCUT2D eigenvalue weighted by atomic mass is 16.6. The van der Waals surface area contributed by atoms with Gasteiger partial charge in [0.05, 0.1) is 7.11 Å². The Labute approximate surface area is 151 Å². The van der Waals surface area contributed by atoms with Crippen molar-refractivity contribution in [3.05, 3.63) is 29.3 Å². The molecule has 25 heavy (non-hydrogen) atoms. The van der Waals surface area contributed by atoms with Gasteiger partial charge in [-0.15, -0.1) is 0 Å². The second-order valence-electron chi connectivity index (χ2n) is 8.06. The molecule has 1 amide bonds. The van der Waals surface area contributed by atoms with Gasteiger partial charge in [-0.1, -0.05) is 19.9 Å². The fourth-order valence-corrected chi connectivity index (χ4v) is 3.13. The molecule has 0 aliphatic heterocycles. The number of carbonyl (C=O) groups excluding carboxylic acids is 1. The minimum Gasteiger partial charge on any atom is -0.497 e. The first kappa shape index (κ1) is 19.6. The van der Waals surface area contributed by atoms with Crippen LogP contribution in [0.15, 0.2) is 18.2 Å². The van der Waals surface area contributed by atoms with E-state index in [0.29, 0.717) is 12.5 Å². The molecule has 5 heteroatoms. The van der Waals surface area contributed by atoms with Gasteiger partial charge < -0.3 is 20.1 Å². The van der Waals surface area contributed by atoms with Gasteiger partial charge in [-0.05, 0) is 62.8 Å². The fourth-order valence-electron chi connectivity index (χ4n) is 3.13. The van der Waals surface area contributed by atoms with Crippen molar-refractivity contribution in [2.75, 3.05) is 13.7 Å². The van der Waals surface area contributed by atoms with Crippen molar-refractivity contribution in [2.45, 2.75) is 65.1 Å². The number of benzene rings is 1. The standard InChI is InChI=1S/C20H32N2O3/c1-13(2)18(12-21-19(23)25-20(3,4)5)22-17-10-8-14-7-9-15(24-6)11-16(14)17/h7,9,11,13,17-18,22H,8,10,12H2,1-6H3,(H,21,23). The number of nitrogens with one attached hydrogen (secondary N) is 2. The monoisotopic (exact) mass is 348 g/mol. The molecule has 1 aromatic carbocycles. The van der Waals surface area contributed by atoms with E-state index in [1.54, 1.807) is 7.11 Å². The molecule has 0 fully saturated rings. The first-order valence-corrected chi connectivity index (χ1v) is 9.09. The summed E-state index contributed by atoms with van der Waals surface area (Å²) >= 11 is 0. The van der Waals surface area contributed by atoms with Gasteiger partial charge in [0, 0.05) is 18.6 Å². The maximum absolute atomic E-state index is 11.9. The second-order valence-corrected chi connectivity index (χ2v) is 8.06. The van der Waals surface area contributed by atoms with E-state index in [-0.39, 0.29) is 18.2 Å². The summed E-state index contributed by atoms with van der Waals surface area (Å²) in [5.41, 5.74) is 2.20. The average Bonchev–Trinajstić information content (AvgIpc) is 2.91. The lowest BCUT2D eigenvalue weighted by molar-refractivity contribution is 0.0518. The third kappa shape index (κ3) is 5.63. The zero-order valence-corrected chi connectivity index (χ0v) is 16.3. The molecule has 1 aliphatic carbocycles. The number of hydrogen-bond acceptors (Lipinski definition) is 4. The van der Waals surface area contributed by atoms with E-state index in [2.05, 4.69) is 36.6 Å². The third-order valence-corrected chi connectivity index (χ3v) is 4.52. The van der Waals surface area contributed by atoms with Crippen LogP contribution in [-0.2, 0) is 11.2 Å². The predicted molar refractivity (Wildman–Crippen MR) is 100 cm³/mol. The van der Waals surface area contributed by atoms with Gasteiger partial charge in [-0.25, -0.2) is 4.79 Å². The Bertz CT molecular complexity index is 593. The molecule has 1 aliphatic rings. The highest BCUT2D eigenvalue weighted by molar-refractivity contribution is 5.67. The van der Waals surface area contributed by atoms with Crippen LogP contribution in [0, 0.1) is 5.92 Å². The van der Waals surface area contributed by atoms with Crippen LogP contribution in [0.2, 0.25) is 0 Å². The quantitative estimate of drug-likeness (QED) is 0.820. The van der Waals surface area contributed by atoms with Crippen molar-refractivity contribution in [3.8, 4) is 5.75 Å². The normalized spacial score (nSPS) is 18.0. The number of carbonyl (C=O) groups is 1. The summed E-state index contributed by atoms with van der Waals surface area (Å²) in [5, 5.41) is 6.61. The maximum Gasteiger partial charge on any atom is 0.407 e. The number of rotatable bonds is 6. The second kappa shape index (κ2) is 8.09. The Morgan fingerprint density at radius 3 is 2.64 bits per heavy atom. The Kier molecular flexibility index (Phi) is 6.33. The highest BCUT2D eigenvalue weighted by Gasteiger charge is 2.27. The van der Waals surface area contributed by atoms with E-state index >= 15 is 0 Å². The summed E-state index contributed by atoms with van der Waals surface area (Å²) in [7, 11) is 1.70. The van der Waals surface area contributed by atoms with E-state index in [1.807, 2.05) is 26.8 Å². The van der Waals surface area contributed by atoms with E-state index in [0.717, 1.165) is 18.6 Å². The molecule has 5 nitrogen and oxygen atoms in total. The number of aryl methyl sites for hydroxylation is 1. The zero-order valence-electron chi connectivity index (χ0n) is 16.3. The van der Waals surface area contributed by atoms with Gasteiger partial charge in [-0.2, -0.15) is 0 Å². The van der Waals surface area contributed by atoms with Crippen LogP contribution in [-0.4, -0.2) is 31.4 Å². The highest BCUT2D eigenvalue weighted by Crippen LogP contribution is 2.34. The first-order chi connectivity index (χ1) is 11.7.